The maximum atomic E-state index is 6.58. The van der Waals surface area contributed by atoms with Crippen LogP contribution < -0.4 is 4.90 Å². The Morgan fingerprint density at radius 2 is 0.962 bits per heavy atom. The number of anilines is 3. The molecule has 0 aliphatic rings. The number of hydrogen-bond acceptors (Lipinski definition) is 3. The Bertz CT molecular complexity index is 2880. The molecule has 244 valence electrons. The Kier molecular flexibility index (Phi) is 7.14. The van der Waals surface area contributed by atoms with Crippen LogP contribution in [0.1, 0.15) is 0 Å². The lowest BCUT2D eigenvalue weighted by molar-refractivity contribution is 0.623. The van der Waals surface area contributed by atoms with Gasteiger partial charge in [0.2, 0.25) is 5.89 Å². The molecule has 3 nitrogen and oxygen atoms in total. The van der Waals surface area contributed by atoms with Gasteiger partial charge in [0.15, 0.2) is 5.58 Å². The molecule has 0 saturated heterocycles. The molecule has 0 bridgehead atoms. The zero-order chi connectivity index (χ0) is 34.4. The SMILES string of the molecule is c1ccc(-c2ccc(N(c3ccc4c(ccc5ccc6ccc7nc(-c8ccccc8)oc7c6c54)c3)c3ccccc3-c3ccccc3)cc2)cc1. The molecule has 0 N–H and O–H groups in total. The summed E-state index contributed by atoms with van der Waals surface area (Å²) in [5.74, 6) is 0.633. The first-order chi connectivity index (χ1) is 25.8. The summed E-state index contributed by atoms with van der Waals surface area (Å²) in [5, 5.41) is 6.88. The van der Waals surface area contributed by atoms with Gasteiger partial charge in [-0.25, -0.2) is 4.98 Å². The largest absolute Gasteiger partial charge is 0.435 e. The van der Waals surface area contributed by atoms with E-state index in [-0.39, 0.29) is 0 Å². The number of hydrogen-bond donors (Lipinski definition) is 0. The molecule has 0 amide bonds. The lowest BCUT2D eigenvalue weighted by Gasteiger charge is -2.28. The molecular weight excluding hydrogens is 633 g/mol. The van der Waals surface area contributed by atoms with Crippen LogP contribution in [-0.4, -0.2) is 4.98 Å². The van der Waals surface area contributed by atoms with Crippen molar-refractivity contribution in [3.05, 3.63) is 194 Å². The molecule has 3 heteroatoms. The first-order valence-electron chi connectivity index (χ1n) is 17.6. The highest BCUT2D eigenvalue weighted by atomic mass is 16.3. The van der Waals surface area contributed by atoms with Gasteiger partial charge in [-0.15, -0.1) is 0 Å². The maximum absolute atomic E-state index is 6.58. The van der Waals surface area contributed by atoms with Crippen LogP contribution in [-0.2, 0) is 0 Å². The normalized spacial score (nSPS) is 11.5. The molecule has 0 atom stereocenters. The van der Waals surface area contributed by atoms with Crippen LogP contribution in [0.15, 0.2) is 199 Å². The summed E-state index contributed by atoms with van der Waals surface area (Å²) in [5.41, 5.74) is 10.7. The van der Waals surface area contributed by atoms with E-state index in [4.69, 9.17) is 9.40 Å². The second-order valence-electron chi connectivity index (χ2n) is 13.2. The number of para-hydroxylation sites is 1. The summed E-state index contributed by atoms with van der Waals surface area (Å²) in [6.07, 6.45) is 0. The third-order valence-corrected chi connectivity index (χ3v) is 10.1. The monoisotopic (exact) mass is 664 g/mol. The van der Waals surface area contributed by atoms with Crippen LogP contribution >= 0.6 is 0 Å². The highest BCUT2D eigenvalue weighted by molar-refractivity contribution is 6.26. The molecule has 52 heavy (non-hydrogen) atoms. The highest BCUT2D eigenvalue weighted by Gasteiger charge is 2.19. The lowest BCUT2D eigenvalue weighted by Crippen LogP contribution is -2.11. The average Bonchev–Trinajstić information content (AvgIpc) is 3.67. The van der Waals surface area contributed by atoms with Crippen molar-refractivity contribution in [1.82, 2.24) is 4.98 Å². The fourth-order valence-corrected chi connectivity index (χ4v) is 7.57. The summed E-state index contributed by atoms with van der Waals surface area (Å²) in [7, 11) is 0. The summed E-state index contributed by atoms with van der Waals surface area (Å²) in [4.78, 5) is 7.29. The molecule has 0 saturated carbocycles. The molecular formula is C49H32N2O. The van der Waals surface area contributed by atoms with Crippen molar-refractivity contribution < 1.29 is 4.42 Å². The first kappa shape index (κ1) is 29.9. The van der Waals surface area contributed by atoms with E-state index in [1.807, 2.05) is 30.3 Å². The topological polar surface area (TPSA) is 29.3 Å². The number of aromatic nitrogens is 1. The predicted octanol–water partition coefficient (Wildman–Crippen LogP) is 13.8. The molecule has 1 heterocycles. The molecule has 1 aromatic heterocycles. The van der Waals surface area contributed by atoms with E-state index in [2.05, 4.69) is 169 Å². The minimum Gasteiger partial charge on any atom is -0.435 e. The van der Waals surface area contributed by atoms with Crippen molar-refractivity contribution >= 4 is 60.5 Å². The van der Waals surface area contributed by atoms with Crippen LogP contribution in [0.2, 0.25) is 0 Å². The third-order valence-electron chi connectivity index (χ3n) is 10.1. The zero-order valence-corrected chi connectivity index (χ0v) is 28.3. The van der Waals surface area contributed by atoms with Crippen molar-refractivity contribution in [3.8, 4) is 33.7 Å². The Balaban J connectivity index is 1.18. The molecule has 0 radical (unpaired) electrons. The molecule has 0 spiro atoms. The molecule has 0 aliphatic carbocycles. The Morgan fingerprint density at radius 1 is 0.404 bits per heavy atom. The van der Waals surface area contributed by atoms with Crippen molar-refractivity contribution in [2.45, 2.75) is 0 Å². The van der Waals surface area contributed by atoms with Gasteiger partial charge >= 0.3 is 0 Å². The van der Waals surface area contributed by atoms with Crippen molar-refractivity contribution in [1.29, 1.82) is 0 Å². The Morgan fingerprint density at radius 3 is 1.69 bits per heavy atom. The van der Waals surface area contributed by atoms with Gasteiger partial charge in [-0.1, -0.05) is 146 Å². The van der Waals surface area contributed by atoms with Crippen LogP contribution in [0.25, 0.3) is 77.1 Å². The number of fused-ring (bicyclic) bond motifs is 7. The molecule has 10 rings (SSSR count). The maximum Gasteiger partial charge on any atom is 0.227 e. The number of nitrogens with zero attached hydrogens (tertiary/aromatic N) is 2. The number of rotatable bonds is 6. The summed E-state index contributed by atoms with van der Waals surface area (Å²) < 4.78 is 6.58. The molecule has 0 aliphatic heterocycles. The minimum atomic E-state index is 0.633. The fraction of sp³-hybridized carbons (Fsp3) is 0. The molecule has 10 aromatic rings. The van der Waals surface area contributed by atoms with Gasteiger partial charge in [0.1, 0.15) is 5.52 Å². The Hall–Kier alpha value is -6.97. The highest BCUT2D eigenvalue weighted by Crippen LogP contribution is 2.44. The summed E-state index contributed by atoms with van der Waals surface area (Å²) >= 11 is 0. The van der Waals surface area contributed by atoms with Gasteiger partial charge in [-0.2, -0.15) is 0 Å². The molecule has 9 aromatic carbocycles. The van der Waals surface area contributed by atoms with Crippen molar-refractivity contribution in [2.24, 2.45) is 0 Å². The smallest absolute Gasteiger partial charge is 0.227 e. The fourth-order valence-electron chi connectivity index (χ4n) is 7.57. The Labute approximate surface area is 301 Å². The minimum absolute atomic E-state index is 0.633. The average molecular weight is 665 g/mol. The molecule has 0 unspecified atom stereocenters. The van der Waals surface area contributed by atoms with E-state index in [0.29, 0.717) is 5.89 Å². The van der Waals surface area contributed by atoms with Gasteiger partial charge in [0, 0.05) is 33.3 Å². The van der Waals surface area contributed by atoms with Crippen LogP contribution in [0.4, 0.5) is 17.1 Å². The lowest BCUT2D eigenvalue weighted by atomic mass is 9.95. The van der Waals surface area contributed by atoms with E-state index in [0.717, 1.165) is 49.9 Å². The van der Waals surface area contributed by atoms with Gasteiger partial charge in [0.25, 0.3) is 0 Å². The quantitative estimate of drug-likeness (QED) is 0.166. The number of benzene rings is 9. The van der Waals surface area contributed by atoms with E-state index in [1.165, 1.54) is 38.4 Å². The summed E-state index contributed by atoms with van der Waals surface area (Å²) in [6, 6.07) is 68.8. The predicted molar refractivity (Wildman–Crippen MR) is 218 cm³/mol. The summed E-state index contributed by atoms with van der Waals surface area (Å²) in [6.45, 7) is 0. The van der Waals surface area contributed by atoms with Crippen molar-refractivity contribution in [2.75, 3.05) is 4.90 Å². The van der Waals surface area contributed by atoms with Crippen LogP contribution in [0.5, 0.6) is 0 Å². The van der Waals surface area contributed by atoms with E-state index in [9.17, 15) is 0 Å². The third kappa shape index (κ3) is 5.10. The zero-order valence-electron chi connectivity index (χ0n) is 28.3. The van der Waals surface area contributed by atoms with E-state index in [1.54, 1.807) is 0 Å². The van der Waals surface area contributed by atoms with Crippen LogP contribution in [0.3, 0.4) is 0 Å². The second-order valence-corrected chi connectivity index (χ2v) is 13.2. The first-order valence-corrected chi connectivity index (χ1v) is 17.6. The standard InChI is InChI=1S/C49H32N2O/c1-4-12-33(13-5-1)34-24-27-40(28-25-34)51(45-19-11-10-18-42(45)35-14-6-2-7-15-35)41-29-30-43-39(32-41)23-22-36-20-21-37-26-31-44-48(47(37)46(36)43)52-49(50-44)38-16-8-3-9-17-38/h1-32H. The van der Waals surface area contributed by atoms with Gasteiger partial charge in [-0.3, -0.25) is 0 Å². The van der Waals surface area contributed by atoms with E-state index >= 15 is 0 Å². The second kappa shape index (κ2) is 12.4. The van der Waals surface area contributed by atoms with Gasteiger partial charge in [-0.05, 0) is 86.8 Å². The van der Waals surface area contributed by atoms with Gasteiger partial charge in [0.05, 0.1) is 5.69 Å². The number of oxazole rings is 1. The van der Waals surface area contributed by atoms with Gasteiger partial charge < -0.3 is 9.32 Å². The van der Waals surface area contributed by atoms with E-state index < -0.39 is 0 Å². The molecule has 0 fully saturated rings. The van der Waals surface area contributed by atoms with Crippen LogP contribution in [0, 0.1) is 0 Å². The van der Waals surface area contributed by atoms with Crippen molar-refractivity contribution in [3.63, 3.8) is 0 Å².